The van der Waals surface area contributed by atoms with Crippen molar-refractivity contribution in [3.05, 3.63) is 30.3 Å². The van der Waals surface area contributed by atoms with E-state index in [1.807, 2.05) is 37.4 Å². The zero-order chi connectivity index (χ0) is 5.82. The normalized spacial score (nSPS) is 6.90. The Balaban J connectivity index is 0. The first-order chi connectivity index (χ1) is 3.93. The van der Waals surface area contributed by atoms with E-state index in [2.05, 4.69) is 5.32 Å². The van der Waals surface area contributed by atoms with Crippen LogP contribution in [0.2, 0.25) is 0 Å². The first kappa shape index (κ1) is 13.6. The Morgan fingerprint density at radius 1 is 1.00 bits per heavy atom. The minimum absolute atomic E-state index is 0. The Hall–Kier alpha value is 1.02. The van der Waals surface area contributed by atoms with Crippen molar-refractivity contribution >= 4 is 64.8 Å². The molecule has 0 heterocycles. The van der Waals surface area contributed by atoms with E-state index < -0.39 is 0 Å². The third kappa shape index (κ3) is 4.78. The number of benzene rings is 1. The minimum Gasteiger partial charge on any atom is -0.388 e. The summed E-state index contributed by atoms with van der Waals surface area (Å²) in [7, 11) is 1.91. The van der Waals surface area contributed by atoms with Crippen molar-refractivity contribution in [3.8, 4) is 0 Å². The van der Waals surface area contributed by atoms with Crippen molar-refractivity contribution in [3.63, 3.8) is 0 Å². The first-order valence-corrected chi connectivity index (χ1v) is 2.66. The Bertz CT molecular complexity index is 153. The Labute approximate surface area is 106 Å². The Morgan fingerprint density at radius 2 is 1.50 bits per heavy atom. The van der Waals surface area contributed by atoms with E-state index in [9.17, 15) is 0 Å². The largest absolute Gasteiger partial charge is 0.388 e. The van der Waals surface area contributed by atoms with Crippen LogP contribution in [0.25, 0.3) is 0 Å². The molecule has 2 radical (unpaired) electrons. The molecule has 10 heavy (non-hydrogen) atoms. The molecule has 1 rings (SSSR count). The summed E-state index contributed by atoms with van der Waals surface area (Å²) >= 11 is 0. The van der Waals surface area contributed by atoms with E-state index in [-0.39, 0.29) is 59.1 Å². The second-order valence-corrected chi connectivity index (χ2v) is 1.62. The number of para-hydroxylation sites is 1. The summed E-state index contributed by atoms with van der Waals surface area (Å²) in [5.41, 5.74) is 1.16. The summed E-state index contributed by atoms with van der Waals surface area (Å²) in [6.45, 7) is 0. The van der Waals surface area contributed by atoms with Gasteiger partial charge in [-0.15, -0.1) is 0 Å². The fourth-order valence-corrected chi connectivity index (χ4v) is 0.605. The molecule has 0 fully saturated rings. The summed E-state index contributed by atoms with van der Waals surface area (Å²) in [5.74, 6) is 0. The Morgan fingerprint density at radius 3 is 1.80 bits per heavy atom. The number of anilines is 1. The van der Waals surface area contributed by atoms with Crippen LogP contribution in [0.5, 0.6) is 0 Å². The standard InChI is InChI=1S/C7H9N.2Na/c1-8-7-5-3-2-4-6-7;;/h2-6,8H,1H3;;. The second-order valence-electron chi connectivity index (χ2n) is 1.62. The molecule has 0 aliphatic heterocycles. The average molecular weight is 153 g/mol. The van der Waals surface area contributed by atoms with Gasteiger partial charge in [-0.05, 0) is 12.1 Å². The summed E-state index contributed by atoms with van der Waals surface area (Å²) in [6.07, 6.45) is 0. The minimum atomic E-state index is 0. The van der Waals surface area contributed by atoms with Crippen LogP contribution in [-0.2, 0) is 0 Å². The van der Waals surface area contributed by atoms with Crippen molar-refractivity contribution in [2.75, 3.05) is 12.4 Å². The van der Waals surface area contributed by atoms with Gasteiger partial charge in [-0.1, -0.05) is 18.2 Å². The predicted octanol–water partition coefficient (Wildman–Crippen LogP) is 0.967. The first-order valence-electron chi connectivity index (χ1n) is 2.66. The molecule has 0 aliphatic rings. The van der Waals surface area contributed by atoms with E-state index in [1.54, 1.807) is 0 Å². The van der Waals surface area contributed by atoms with Crippen LogP contribution in [-0.4, -0.2) is 66.2 Å². The van der Waals surface area contributed by atoms with Gasteiger partial charge in [-0.2, -0.15) is 0 Å². The maximum atomic E-state index is 3.03. The maximum absolute atomic E-state index is 3.03. The van der Waals surface area contributed by atoms with Crippen LogP contribution in [0, 0.1) is 0 Å². The van der Waals surface area contributed by atoms with Crippen molar-refractivity contribution in [2.45, 2.75) is 0 Å². The van der Waals surface area contributed by atoms with Gasteiger partial charge in [0.1, 0.15) is 0 Å². The number of rotatable bonds is 1. The summed E-state index contributed by atoms with van der Waals surface area (Å²) in [6, 6.07) is 10.1. The molecule has 1 aromatic rings. The molecule has 3 heteroatoms. The van der Waals surface area contributed by atoms with E-state index in [1.165, 1.54) is 0 Å². The molecule has 0 atom stereocenters. The third-order valence-corrected chi connectivity index (χ3v) is 1.06. The molecule has 0 unspecified atom stereocenters. The fraction of sp³-hybridized carbons (Fsp3) is 0.143. The van der Waals surface area contributed by atoms with Crippen molar-refractivity contribution < 1.29 is 0 Å². The van der Waals surface area contributed by atoms with Crippen molar-refractivity contribution in [1.29, 1.82) is 0 Å². The van der Waals surface area contributed by atoms with Gasteiger partial charge in [0.25, 0.3) is 0 Å². The Kier molecular flexibility index (Phi) is 11.0. The quantitative estimate of drug-likeness (QED) is 0.593. The van der Waals surface area contributed by atoms with Gasteiger partial charge in [0.2, 0.25) is 0 Å². The molecule has 1 aromatic carbocycles. The summed E-state index contributed by atoms with van der Waals surface area (Å²) in [4.78, 5) is 0. The van der Waals surface area contributed by atoms with Crippen LogP contribution >= 0.6 is 0 Å². The zero-order valence-corrected chi connectivity index (χ0v) is 10.9. The molecule has 0 aliphatic carbocycles. The number of hydrogen-bond acceptors (Lipinski definition) is 1. The van der Waals surface area contributed by atoms with Gasteiger partial charge < -0.3 is 5.32 Å². The summed E-state index contributed by atoms with van der Waals surface area (Å²) in [5, 5.41) is 3.03. The molecule has 0 amide bonds. The van der Waals surface area contributed by atoms with Crippen LogP contribution in [0.3, 0.4) is 0 Å². The molecule has 0 bridgehead atoms. The molecule has 0 saturated heterocycles. The maximum Gasteiger partial charge on any atom is 0.0337 e. The van der Waals surface area contributed by atoms with Crippen molar-refractivity contribution in [1.82, 2.24) is 0 Å². The van der Waals surface area contributed by atoms with E-state index in [0.29, 0.717) is 0 Å². The van der Waals surface area contributed by atoms with E-state index in [4.69, 9.17) is 0 Å². The topological polar surface area (TPSA) is 12.0 Å². The van der Waals surface area contributed by atoms with Crippen LogP contribution < -0.4 is 5.32 Å². The van der Waals surface area contributed by atoms with Gasteiger partial charge in [0, 0.05) is 71.8 Å². The van der Waals surface area contributed by atoms with E-state index in [0.717, 1.165) is 5.69 Å². The average Bonchev–Trinajstić information content (AvgIpc) is 1.90. The zero-order valence-electron chi connectivity index (χ0n) is 6.89. The molecular formula is C7H9NNa2. The van der Waals surface area contributed by atoms with Gasteiger partial charge in [-0.25, -0.2) is 0 Å². The van der Waals surface area contributed by atoms with Gasteiger partial charge in [-0.3, -0.25) is 0 Å². The van der Waals surface area contributed by atoms with E-state index >= 15 is 0 Å². The number of hydrogen-bond donors (Lipinski definition) is 1. The monoisotopic (exact) mass is 153 g/mol. The van der Waals surface area contributed by atoms with Crippen LogP contribution in [0.1, 0.15) is 0 Å². The summed E-state index contributed by atoms with van der Waals surface area (Å²) < 4.78 is 0. The molecule has 0 saturated carbocycles. The molecular weight excluding hydrogens is 144 g/mol. The van der Waals surface area contributed by atoms with Gasteiger partial charge >= 0.3 is 0 Å². The predicted molar refractivity (Wildman–Crippen MR) is 47.5 cm³/mol. The van der Waals surface area contributed by atoms with Crippen LogP contribution in [0.15, 0.2) is 30.3 Å². The molecule has 0 aromatic heterocycles. The molecule has 1 N–H and O–H groups in total. The second kappa shape index (κ2) is 8.12. The third-order valence-electron chi connectivity index (χ3n) is 1.06. The molecule has 0 spiro atoms. The smallest absolute Gasteiger partial charge is 0.0337 e. The van der Waals surface area contributed by atoms with Gasteiger partial charge in [0.05, 0.1) is 0 Å². The SMILES string of the molecule is CNc1ccccc1.[Na].[Na]. The van der Waals surface area contributed by atoms with Crippen LogP contribution in [0.4, 0.5) is 5.69 Å². The molecule has 1 nitrogen and oxygen atoms in total. The van der Waals surface area contributed by atoms with Crippen molar-refractivity contribution in [2.24, 2.45) is 0 Å². The fourth-order valence-electron chi connectivity index (χ4n) is 0.605. The molecule has 44 valence electrons. The van der Waals surface area contributed by atoms with Gasteiger partial charge in [0.15, 0.2) is 0 Å². The number of nitrogens with one attached hydrogen (secondary N) is 1.